The molecule has 13 heteroatoms. The summed E-state index contributed by atoms with van der Waals surface area (Å²) < 4.78 is 13.2. The van der Waals surface area contributed by atoms with Gasteiger partial charge in [-0.05, 0) is 80.8 Å². The molecule has 3 saturated carbocycles. The van der Waals surface area contributed by atoms with Crippen LogP contribution in [-0.2, 0) is 18.9 Å². The normalized spacial score (nSPS) is 26.6. The van der Waals surface area contributed by atoms with E-state index in [1.807, 2.05) is 30.3 Å². The van der Waals surface area contributed by atoms with Crippen LogP contribution >= 0.6 is 0 Å². The molecule has 5 N–H and O–H groups in total. The highest BCUT2D eigenvalue weighted by Crippen LogP contribution is 2.65. The molecule has 1 aromatic carbocycles. The molecule has 0 unspecified atom stereocenters. The third-order valence-electron chi connectivity index (χ3n) is 9.69. The molecule has 5 rings (SSSR count). The number of amides is 2. The Kier molecular flexibility index (Phi) is 10.4. The van der Waals surface area contributed by atoms with Crippen LogP contribution in [0.5, 0.6) is 0 Å². The van der Waals surface area contributed by atoms with Gasteiger partial charge in [-0.3, -0.25) is 15.0 Å². The van der Waals surface area contributed by atoms with Crippen molar-refractivity contribution in [3.8, 4) is 0 Å². The van der Waals surface area contributed by atoms with Crippen molar-refractivity contribution in [2.24, 2.45) is 23.2 Å². The quantitative estimate of drug-likeness (QED) is 0.0431. The molecule has 6 atom stereocenters. The molecule has 1 aromatic rings. The minimum atomic E-state index is -0.887. The maximum atomic E-state index is 13.8. The number of rotatable bonds is 13. The van der Waals surface area contributed by atoms with E-state index in [0.717, 1.165) is 18.4 Å². The Labute approximate surface area is 260 Å². The summed E-state index contributed by atoms with van der Waals surface area (Å²) in [6.07, 6.45) is 5.05. The number of nitrogens with zero attached hydrogens (tertiary/aromatic N) is 1. The van der Waals surface area contributed by atoms with E-state index in [4.69, 9.17) is 14.7 Å². The minimum absolute atomic E-state index is 0.0220. The van der Waals surface area contributed by atoms with Crippen LogP contribution in [0.4, 0.5) is 0 Å². The Morgan fingerprint density at radius 1 is 1.18 bits per heavy atom. The van der Waals surface area contributed by atoms with Gasteiger partial charge < -0.3 is 25.3 Å². The lowest BCUT2D eigenvalue weighted by Gasteiger charge is -2.64. The molecule has 240 valence electrons. The predicted molar refractivity (Wildman–Crippen MR) is 169 cm³/mol. The number of guanidine groups is 1. The van der Waals surface area contributed by atoms with Crippen molar-refractivity contribution < 1.29 is 23.9 Å². The van der Waals surface area contributed by atoms with Gasteiger partial charge in [0.2, 0.25) is 11.8 Å². The maximum absolute atomic E-state index is 13.8. The summed E-state index contributed by atoms with van der Waals surface area (Å²) >= 11 is 0. The van der Waals surface area contributed by atoms with Crippen molar-refractivity contribution in [3.63, 3.8) is 0 Å². The van der Waals surface area contributed by atoms with E-state index in [1.54, 1.807) is 18.4 Å². The summed E-state index contributed by atoms with van der Waals surface area (Å²) in [5.74, 6) is -0.353. The van der Waals surface area contributed by atoms with E-state index in [-0.39, 0.29) is 42.2 Å². The van der Waals surface area contributed by atoms with Gasteiger partial charge in [0.15, 0.2) is 5.03 Å². The Morgan fingerprint density at radius 3 is 2.52 bits per heavy atom. The minimum Gasteiger partial charge on any atom is -0.404 e. The fourth-order valence-corrected chi connectivity index (χ4v) is 7.16. The second-order valence-electron chi connectivity index (χ2n) is 13.7. The fourth-order valence-electron chi connectivity index (χ4n) is 7.16. The molecule has 12 nitrogen and oxygen atoms in total. The van der Waals surface area contributed by atoms with Crippen molar-refractivity contribution in [1.29, 1.82) is 5.41 Å². The van der Waals surface area contributed by atoms with Crippen LogP contribution in [0.25, 0.3) is 6.08 Å². The molecule has 4 aliphatic rings. The van der Waals surface area contributed by atoms with Gasteiger partial charge in [0.05, 0.1) is 17.6 Å². The topological polar surface area (TPSA) is 168 Å². The Hall–Kier alpha value is -3.45. The van der Waals surface area contributed by atoms with Crippen molar-refractivity contribution in [1.82, 2.24) is 21.4 Å². The number of hydrogen-bond donors (Lipinski definition) is 5. The van der Waals surface area contributed by atoms with E-state index < -0.39 is 35.7 Å². The molecular weight excluding hydrogens is 563 g/mol. The lowest BCUT2D eigenvalue weighted by atomic mass is 9.43. The first kappa shape index (κ1) is 33.4. The van der Waals surface area contributed by atoms with Crippen LogP contribution in [0.2, 0.25) is 0 Å². The van der Waals surface area contributed by atoms with Crippen LogP contribution in [0, 0.1) is 38.7 Å². The van der Waals surface area contributed by atoms with E-state index >= 15 is 0 Å². The highest BCUT2D eigenvalue weighted by atomic mass is 16.7. The summed E-state index contributed by atoms with van der Waals surface area (Å²) in [4.78, 5) is 37.6. The van der Waals surface area contributed by atoms with Crippen LogP contribution in [0.1, 0.15) is 79.2 Å². The molecule has 44 heavy (non-hydrogen) atoms. The summed E-state index contributed by atoms with van der Waals surface area (Å²) in [6.45, 7) is 12.8. The lowest BCUT2D eigenvalue weighted by molar-refractivity contribution is -0.525. The average molecular weight is 611 g/mol. The Bertz CT molecular complexity index is 1260. The third kappa shape index (κ3) is 7.61. The van der Waals surface area contributed by atoms with Crippen LogP contribution in [0.15, 0.2) is 35.9 Å². The number of carbonyl (C=O) groups excluding carboxylic acids is 2. The number of hydrazine groups is 1. The van der Waals surface area contributed by atoms with Gasteiger partial charge in [0, 0.05) is 12.1 Å². The van der Waals surface area contributed by atoms with Gasteiger partial charge in [0.1, 0.15) is 6.04 Å². The Morgan fingerprint density at radius 2 is 1.89 bits per heavy atom. The molecule has 3 aliphatic carbocycles. The first-order valence-electron chi connectivity index (χ1n) is 15.6. The van der Waals surface area contributed by atoms with Gasteiger partial charge in [-0.2, -0.15) is 0 Å². The molecule has 1 saturated heterocycles. The molecule has 0 spiro atoms. The summed E-state index contributed by atoms with van der Waals surface area (Å²) in [5, 5.41) is 26.0. The highest BCUT2D eigenvalue weighted by molar-refractivity contribution is 6.48. The van der Waals surface area contributed by atoms with E-state index in [2.05, 4.69) is 50.6 Å². The summed E-state index contributed by atoms with van der Waals surface area (Å²) in [5.41, 5.74) is 2.84. The van der Waals surface area contributed by atoms with Crippen LogP contribution in [0.3, 0.4) is 0 Å². The standard InChI is InChI=1S/C31H47BN6O6/c1-19(2)15-26(32-43-25-18-22-17-24(30(22,4)5)31(25,6)44-32)36-28(40)23(13-10-14-34-29(33)37-38(41)42)35-27(39)20(3)16-21-11-8-7-9-12-21/h7-9,11-12,16,19,22-26H,10,13-15,17-18H2,1-6H3,(H,35,39)(H,36,40)(H3,33,34,37)/b20-16+/t22-,23-,24-,25+,26-,31-/m0/s1. The summed E-state index contributed by atoms with van der Waals surface area (Å²) in [6, 6.07) is 8.56. The second kappa shape index (κ2) is 13.7. The van der Waals surface area contributed by atoms with Gasteiger partial charge in [-0.15, -0.1) is 0 Å². The zero-order chi connectivity index (χ0) is 32.2. The van der Waals surface area contributed by atoms with Gasteiger partial charge >= 0.3 is 7.12 Å². The molecule has 1 heterocycles. The second-order valence-corrected chi connectivity index (χ2v) is 13.7. The fraction of sp³-hybridized carbons (Fsp3) is 0.645. The number of nitrogens with one attached hydrogen (secondary N) is 5. The SMILES string of the molecule is C/C(=C\c1ccccc1)C(=O)N[C@@H](CCCNC(=N)N[N+](=O)[O-])C(=O)N[C@@H](CC(C)C)B1O[C@@H]2C[C@@H]3C[C@@H](C3(C)C)[C@]2(C)O1. The molecule has 4 fully saturated rings. The van der Waals surface area contributed by atoms with Crippen molar-refractivity contribution in [2.45, 2.75) is 97.3 Å². The van der Waals surface area contributed by atoms with E-state index in [0.29, 0.717) is 30.3 Å². The number of carbonyl (C=O) groups is 2. The first-order chi connectivity index (χ1) is 20.7. The maximum Gasteiger partial charge on any atom is 0.481 e. The molecule has 2 bridgehead atoms. The molecule has 0 radical (unpaired) electrons. The number of nitro groups is 1. The molecule has 2 amide bonds. The van der Waals surface area contributed by atoms with Gasteiger partial charge in [-0.1, -0.05) is 63.5 Å². The zero-order valence-corrected chi connectivity index (χ0v) is 26.6. The third-order valence-corrected chi connectivity index (χ3v) is 9.69. The van der Waals surface area contributed by atoms with E-state index in [1.165, 1.54) is 0 Å². The van der Waals surface area contributed by atoms with Gasteiger partial charge in [0.25, 0.3) is 5.96 Å². The average Bonchev–Trinajstić information content (AvgIpc) is 3.31. The summed E-state index contributed by atoms with van der Waals surface area (Å²) in [7, 11) is -0.599. The van der Waals surface area contributed by atoms with Crippen LogP contribution < -0.4 is 21.4 Å². The van der Waals surface area contributed by atoms with Crippen LogP contribution in [-0.4, -0.2) is 60.2 Å². The smallest absolute Gasteiger partial charge is 0.404 e. The first-order valence-corrected chi connectivity index (χ1v) is 15.6. The number of hydrogen-bond acceptors (Lipinski definition) is 7. The van der Waals surface area contributed by atoms with E-state index in [9.17, 15) is 19.7 Å². The zero-order valence-electron chi connectivity index (χ0n) is 26.6. The monoisotopic (exact) mass is 610 g/mol. The molecule has 0 aromatic heterocycles. The Balaban J connectivity index is 1.46. The van der Waals surface area contributed by atoms with Crippen molar-refractivity contribution in [3.05, 3.63) is 51.6 Å². The molecular formula is C31H47BN6O6. The number of benzene rings is 1. The molecule has 1 aliphatic heterocycles. The van der Waals surface area contributed by atoms with Crippen molar-refractivity contribution >= 4 is 31.0 Å². The largest absolute Gasteiger partial charge is 0.481 e. The van der Waals surface area contributed by atoms with Gasteiger partial charge in [-0.25, -0.2) is 10.1 Å². The highest BCUT2D eigenvalue weighted by Gasteiger charge is 2.68. The van der Waals surface area contributed by atoms with Crippen molar-refractivity contribution in [2.75, 3.05) is 6.54 Å². The predicted octanol–water partition coefficient (Wildman–Crippen LogP) is 3.46. The lowest BCUT2D eigenvalue weighted by Crippen LogP contribution is -2.65.